The first-order chi connectivity index (χ1) is 20.0. The van der Waals surface area contributed by atoms with Crippen molar-refractivity contribution in [3.05, 3.63) is 69.8 Å². The molecule has 3 aromatic heterocycles. The van der Waals surface area contributed by atoms with Gasteiger partial charge in [-0.05, 0) is 42.5 Å². The Morgan fingerprint density at radius 2 is 1.88 bits per heavy atom. The molecule has 0 saturated carbocycles. The Kier molecular flexibility index (Phi) is 10.7. The van der Waals surface area contributed by atoms with Gasteiger partial charge in [-0.1, -0.05) is 43.7 Å². The summed E-state index contributed by atoms with van der Waals surface area (Å²) in [5.74, 6) is 0.444. The molecule has 41 heavy (non-hydrogen) atoms. The number of esters is 1. The number of unbranched alkanes of at least 4 members (excludes halogenated alkanes) is 2. The van der Waals surface area contributed by atoms with Crippen molar-refractivity contribution in [2.24, 2.45) is 0 Å². The van der Waals surface area contributed by atoms with Crippen LogP contribution in [0, 0.1) is 0 Å². The van der Waals surface area contributed by atoms with Crippen molar-refractivity contribution < 1.29 is 19.0 Å². The maximum Gasteiger partial charge on any atom is 0.328 e. The van der Waals surface area contributed by atoms with Crippen LogP contribution < -0.4 is 26.2 Å². The minimum absolute atomic E-state index is 0.151. The normalized spacial score (nSPS) is 11.1. The molecule has 0 radical (unpaired) electrons. The van der Waals surface area contributed by atoms with Crippen molar-refractivity contribution >= 4 is 23.0 Å². The van der Waals surface area contributed by atoms with Crippen LogP contribution in [-0.4, -0.2) is 57.3 Å². The first-order valence-electron chi connectivity index (χ1n) is 13.8. The minimum Gasteiger partial charge on any atom is -0.478 e. The highest BCUT2D eigenvalue weighted by Crippen LogP contribution is 2.19. The first kappa shape index (κ1) is 29.5. The molecule has 4 rings (SSSR count). The molecular formula is C29H37N7O5. The number of carbonyl (C=O) groups is 1. The second-order valence-corrected chi connectivity index (χ2v) is 9.62. The number of ether oxygens (including phenoxy) is 3. The van der Waals surface area contributed by atoms with Crippen LogP contribution in [0.25, 0.3) is 11.2 Å². The molecule has 0 saturated heterocycles. The van der Waals surface area contributed by atoms with E-state index in [1.807, 2.05) is 30.3 Å². The topological polar surface area (TPSA) is 159 Å². The van der Waals surface area contributed by atoms with E-state index in [1.165, 1.54) is 11.7 Å². The zero-order chi connectivity index (χ0) is 29.0. The van der Waals surface area contributed by atoms with Gasteiger partial charge in [-0.2, -0.15) is 9.97 Å². The van der Waals surface area contributed by atoms with Gasteiger partial charge in [-0.25, -0.2) is 9.78 Å². The smallest absolute Gasteiger partial charge is 0.328 e. The fraction of sp³-hybridized carbons (Fsp3) is 0.414. The van der Waals surface area contributed by atoms with Crippen LogP contribution in [0.4, 0.5) is 5.82 Å². The van der Waals surface area contributed by atoms with Crippen LogP contribution in [0.15, 0.2) is 47.4 Å². The van der Waals surface area contributed by atoms with Gasteiger partial charge in [-0.15, -0.1) is 0 Å². The molecule has 0 aliphatic rings. The number of hydrogen-bond donors (Lipinski definition) is 3. The quantitative estimate of drug-likeness (QED) is 0.137. The van der Waals surface area contributed by atoms with Gasteiger partial charge in [0.2, 0.25) is 5.88 Å². The lowest BCUT2D eigenvalue weighted by Crippen LogP contribution is -2.18. The number of hydrogen-bond acceptors (Lipinski definition) is 10. The number of nitrogens with two attached hydrogens (primary N) is 1. The second kappa shape index (κ2) is 14.8. The number of nitrogen functional groups attached to an aromatic ring is 1. The van der Waals surface area contributed by atoms with Crippen molar-refractivity contribution in [1.82, 2.24) is 29.8 Å². The van der Waals surface area contributed by atoms with E-state index in [4.69, 9.17) is 19.9 Å². The number of fused-ring (bicyclic) bond motifs is 1. The van der Waals surface area contributed by atoms with Gasteiger partial charge in [0.15, 0.2) is 11.5 Å². The molecule has 0 aliphatic heterocycles. The molecule has 3 heterocycles. The number of nitrogens with zero attached hydrogens (tertiary/aromatic N) is 4. The van der Waals surface area contributed by atoms with Crippen molar-refractivity contribution in [1.29, 1.82) is 0 Å². The summed E-state index contributed by atoms with van der Waals surface area (Å²) in [7, 11) is 1.39. The van der Waals surface area contributed by atoms with Crippen molar-refractivity contribution in [2.75, 3.05) is 32.6 Å². The summed E-state index contributed by atoms with van der Waals surface area (Å²) in [4.78, 5) is 39.7. The first-order valence-corrected chi connectivity index (χ1v) is 13.8. The predicted molar refractivity (Wildman–Crippen MR) is 155 cm³/mol. The van der Waals surface area contributed by atoms with Crippen LogP contribution >= 0.6 is 0 Å². The SMILES string of the molecule is CCCCOc1nc(N)c2[nH]c(=O)n(Cc3ccc(OCCCCNCc4cccc(CC(=O)OC)c4)nc3)c2n1. The summed E-state index contributed by atoms with van der Waals surface area (Å²) in [6.45, 7) is 4.91. The number of aromatic nitrogens is 5. The second-order valence-electron chi connectivity index (χ2n) is 9.62. The maximum absolute atomic E-state index is 12.6. The maximum atomic E-state index is 12.6. The van der Waals surface area contributed by atoms with Crippen molar-refractivity contribution in [3.8, 4) is 11.9 Å². The Morgan fingerprint density at radius 1 is 1.05 bits per heavy atom. The molecule has 218 valence electrons. The van der Waals surface area contributed by atoms with Gasteiger partial charge in [0.1, 0.15) is 5.52 Å². The lowest BCUT2D eigenvalue weighted by atomic mass is 10.1. The zero-order valence-corrected chi connectivity index (χ0v) is 23.5. The summed E-state index contributed by atoms with van der Waals surface area (Å²) in [6.07, 6.45) is 5.62. The predicted octanol–water partition coefficient (Wildman–Crippen LogP) is 2.99. The van der Waals surface area contributed by atoms with E-state index in [0.717, 1.165) is 55.5 Å². The van der Waals surface area contributed by atoms with Gasteiger partial charge < -0.3 is 30.2 Å². The number of carbonyl (C=O) groups excluding carboxylic acids is 1. The summed E-state index contributed by atoms with van der Waals surface area (Å²) in [5, 5.41) is 3.42. The number of benzene rings is 1. The molecule has 4 aromatic rings. The Bertz CT molecular complexity index is 1480. The Morgan fingerprint density at radius 3 is 2.66 bits per heavy atom. The molecule has 1 aromatic carbocycles. The van der Waals surface area contributed by atoms with Crippen LogP contribution in [-0.2, 0) is 29.0 Å². The number of rotatable bonds is 16. The molecule has 12 nitrogen and oxygen atoms in total. The fourth-order valence-electron chi connectivity index (χ4n) is 4.17. The van der Waals surface area contributed by atoms with Crippen LogP contribution in [0.1, 0.15) is 49.3 Å². The third kappa shape index (κ3) is 8.52. The summed E-state index contributed by atoms with van der Waals surface area (Å²) in [5.41, 5.74) is 9.34. The minimum atomic E-state index is -0.338. The van der Waals surface area contributed by atoms with E-state index >= 15 is 0 Å². The third-order valence-corrected chi connectivity index (χ3v) is 6.39. The monoisotopic (exact) mass is 563 g/mol. The number of imidazole rings is 1. The molecular weight excluding hydrogens is 526 g/mol. The summed E-state index contributed by atoms with van der Waals surface area (Å²) in [6, 6.07) is 11.7. The lowest BCUT2D eigenvalue weighted by Gasteiger charge is -2.09. The zero-order valence-electron chi connectivity index (χ0n) is 23.5. The summed E-state index contributed by atoms with van der Waals surface area (Å²) >= 11 is 0. The molecule has 0 bridgehead atoms. The molecule has 0 fully saturated rings. The number of pyridine rings is 1. The van der Waals surface area contributed by atoms with E-state index in [0.29, 0.717) is 30.3 Å². The number of anilines is 1. The number of methoxy groups -OCH3 is 1. The Labute approximate surface area is 238 Å². The van der Waals surface area contributed by atoms with Crippen molar-refractivity contribution in [2.45, 2.75) is 52.1 Å². The van der Waals surface area contributed by atoms with Gasteiger partial charge in [0.05, 0.1) is 33.3 Å². The molecule has 0 aliphatic carbocycles. The van der Waals surface area contributed by atoms with E-state index in [9.17, 15) is 9.59 Å². The van der Waals surface area contributed by atoms with Crippen LogP contribution in [0.2, 0.25) is 0 Å². The number of aromatic amines is 1. The van der Waals surface area contributed by atoms with Crippen LogP contribution in [0.5, 0.6) is 11.9 Å². The van der Waals surface area contributed by atoms with Gasteiger partial charge >= 0.3 is 17.7 Å². The van der Waals surface area contributed by atoms with E-state index < -0.39 is 0 Å². The highest BCUT2D eigenvalue weighted by atomic mass is 16.5. The Balaban J connectivity index is 1.21. The molecule has 12 heteroatoms. The van der Waals surface area contributed by atoms with E-state index in [2.05, 4.69) is 32.2 Å². The Hall–Kier alpha value is -4.45. The van der Waals surface area contributed by atoms with Gasteiger partial charge in [0.25, 0.3) is 0 Å². The lowest BCUT2D eigenvalue weighted by molar-refractivity contribution is -0.139. The van der Waals surface area contributed by atoms with Gasteiger partial charge in [-0.3, -0.25) is 9.36 Å². The molecule has 0 amide bonds. The highest BCUT2D eigenvalue weighted by Gasteiger charge is 2.15. The van der Waals surface area contributed by atoms with Crippen LogP contribution in [0.3, 0.4) is 0 Å². The van der Waals surface area contributed by atoms with E-state index in [-0.39, 0.29) is 36.5 Å². The molecule has 4 N–H and O–H groups in total. The van der Waals surface area contributed by atoms with Gasteiger partial charge in [0, 0.05) is 18.8 Å². The fourth-order valence-corrected chi connectivity index (χ4v) is 4.17. The van der Waals surface area contributed by atoms with E-state index in [1.54, 1.807) is 12.3 Å². The average molecular weight is 564 g/mol. The highest BCUT2D eigenvalue weighted by molar-refractivity contribution is 5.82. The summed E-state index contributed by atoms with van der Waals surface area (Å²) < 4.78 is 17.6. The molecule has 0 unspecified atom stereocenters. The standard InChI is InChI=1S/C29H37N7O5/c1-3-4-13-41-28-34-26(30)25-27(35-28)36(29(38)33-25)19-22-10-11-23(32-18-22)40-14-6-5-12-31-17-21-9-7-8-20(15-21)16-24(37)39-2/h7-11,15,18,31H,3-6,12-14,16-17,19H2,1-2H3,(H,33,38)(H2,30,34,35). The van der Waals surface area contributed by atoms with Crippen molar-refractivity contribution in [3.63, 3.8) is 0 Å². The third-order valence-electron chi connectivity index (χ3n) is 6.39. The molecule has 0 atom stereocenters. The largest absolute Gasteiger partial charge is 0.478 e. The number of H-pyrrole nitrogens is 1. The molecule has 0 spiro atoms. The average Bonchev–Trinajstić information content (AvgIpc) is 3.28. The number of nitrogens with one attached hydrogen (secondary N) is 2.